The van der Waals surface area contributed by atoms with Gasteiger partial charge in [-0.1, -0.05) is 29.3 Å². The zero-order valence-corrected chi connectivity index (χ0v) is 14.6. The van der Waals surface area contributed by atoms with Gasteiger partial charge in [-0.05, 0) is 45.8 Å². The molecule has 21 heavy (non-hydrogen) atoms. The number of hydrogen-bond donors (Lipinski definition) is 1. The Bertz CT molecular complexity index is 650. The Labute approximate surface area is 142 Å². The molecule has 2 rings (SSSR count). The Morgan fingerprint density at radius 3 is 2.48 bits per heavy atom. The van der Waals surface area contributed by atoms with Crippen molar-refractivity contribution in [2.24, 2.45) is 0 Å². The third kappa shape index (κ3) is 3.96. The molecular weight excluding hydrogens is 377 g/mol. The van der Waals surface area contributed by atoms with Crippen LogP contribution in [-0.4, -0.2) is 14.2 Å². The Kier molecular flexibility index (Phi) is 5.62. The lowest BCUT2D eigenvalue weighted by Crippen LogP contribution is -2.02. The maximum atomic E-state index is 6.11. The van der Waals surface area contributed by atoms with Crippen LogP contribution in [-0.2, 0) is 6.54 Å². The third-order valence-electron chi connectivity index (χ3n) is 2.91. The molecule has 0 saturated heterocycles. The number of nitrogens with one attached hydrogen (secondary N) is 1. The van der Waals surface area contributed by atoms with E-state index in [-0.39, 0.29) is 0 Å². The minimum Gasteiger partial charge on any atom is -0.495 e. The van der Waals surface area contributed by atoms with Crippen molar-refractivity contribution in [1.29, 1.82) is 0 Å². The van der Waals surface area contributed by atoms with E-state index >= 15 is 0 Å². The monoisotopic (exact) mass is 389 g/mol. The quantitative estimate of drug-likeness (QED) is 0.742. The predicted molar refractivity (Wildman–Crippen MR) is 91.0 cm³/mol. The van der Waals surface area contributed by atoms with Crippen LogP contribution >= 0.6 is 39.1 Å². The lowest BCUT2D eigenvalue weighted by Gasteiger charge is -2.14. The first kappa shape index (κ1) is 16.3. The molecule has 2 aromatic rings. The molecular formula is C15H14BrCl2NO2. The van der Waals surface area contributed by atoms with Crippen molar-refractivity contribution < 1.29 is 9.47 Å². The first-order valence-electron chi connectivity index (χ1n) is 6.14. The molecule has 0 radical (unpaired) electrons. The summed E-state index contributed by atoms with van der Waals surface area (Å²) in [6, 6.07) is 9.25. The average molecular weight is 391 g/mol. The van der Waals surface area contributed by atoms with Gasteiger partial charge in [-0.25, -0.2) is 0 Å². The van der Waals surface area contributed by atoms with Gasteiger partial charge in [-0.15, -0.1) is 0 Å². The average Bonchev–Trinajstić information content (AvgIpc) is 2.44. The van der Waals surface area contributed by atoms with Gasteiger partial charge < -0.3 is 14.8 Å². The fourth-order valence-electron chi connectivity index (χ4n) is 1.92. The molecule has 0 spiro atoms. The lowest BCUT2D eigenvalue weighted by molar-refractivity contribution is 0.413. The van der Waals surface area contributed by atoms with Crippen LogP contribution in [0.5, 0.6) is 11.5 Å². The van der Waals surface area contributed by atoms with Crippen molar-refractivity contribution in [3.8, 4) is 11.5 Å². The summed E-state index contributed by atoms with van der Waals surface area (Å²) in [6.45, 7) is 0.590. The second kappa shape index (κ2) is 7.25. The fraction of sp³-hybridized carbons (Fsp3) is 0.200. The van der Waals surface area contributed by atoms with E-state index in [1.165, 1.54) is 0 Å². The highest BCUT2D eigenvalue weighted by Gasteiger charge is 2.09. The van der Waals surface area contributed by atoms with E-state index in [0.717, 1.165) is 15.7 Å². The number of halogens is 3. The molecule has 0 aliphatic heterocycles. The number of ether oxygens (including phenoxy) is 2. The van der Waals surface area contributed by atoms with Crippen LogP contribution in [0.1, 0.15) is 5.56 Å². The summed E-state index contributed by atoms with van der Waals surface area (Å²) in [6.07, 6.45) is 0. The molecule has 2 aromatic carbocycles. The Hall–Kier alpha value is -1.10. The molecule has 0 unspecified atom stereocenters. The van der Waals surface area contributed by atoms with Gasteiger partial charge in [0.15, 0.2) is 5.75 Å². The molecule has 1 N–H and O–H groups in total. The van der Waals surface area contributed by atoms with Gasteiger partial charge in [0.1, 0.15) is 5.75 Å². The van der Waals surface area contributed by atoms with E-state index in [4.69, 9.17) is 32.7 Å². The van der Waals surface area contributed by atoms with E-state index < -0.39 is 0 Å². The van der Waals surface area contributed by atoms with E-state index in [1.807, 2.05) is 24.3 Å². The van der Waals surface area contributed by atoms with E-state index in [9.17, 15) is 0 Å². The largest absolute Gasteiger partial charge is 0.495 e. The molecule has 0 atom stereocenters. The highest BCUT2D eigenvalue weighted by Crippen LogP contribution is 2.36. The van der Waals surface area contributed by atoms with Crippen molar-refractivity contribution >= 4 is 44.8 Å². The molecule has 0 fully saturated rings. The van der Waals surface area contributed by atoms with Gasteiger partial charge in [0.25, 0.3) is 0 Å². The van der Waals surface area contributed by atoms with Crippen molar-refractivity contribution in [3.63, 3.8) is 0 Å². The molecule has 6 heteroatoms. The fourth-order valence-corrected chi connectivity index (χ4v) is 3.17. The van der Waals surface area contributed by atoms with Crippen LogP contribution < -0.4 is 14.8 Å². The van der Waals surface area contributed by atoms with Gasteiger partial charge in [0.2, 0.25) is 0 Å². The summed E-state index contributed by atoms with van der Waals surface area (Å²) < 4.78 is 11.3. The third-order valence-corrected chi connectivity index (χ3v) is 4.01. The normalized spacial score (nSPS) is 10.3. The van der Waals surface area contributed by atoms with Crippen molar-refractivity contribution in [1.82, 2.24) is 0 Å². The highest BCUT2D eigenvalue weighted by atomic mass is 79.9. The van der Waals surface area contributed by atoms with Gasteiger partial charge in [-0.2, -0.15) is 0 Å². The Morgan fingerprint density at radius 1 is 1.10 bits per heavy atom. The van der Waals surface area contributed by atoms with Gasteiger partial charge >= 0.3 is 0 Å². The van der Waals surface area contributed by atoms with Crippen LogP contribution in [0.4, 0.5) is 5.69 Å². The van der Waals surface area contributed by atoms with E-state index in [2.05, 4.69) is 21.2 Å². The lowest BCUT2D eigenvalue weighted by atomic mass is 10.2. The van der Waals surface area contributed by atoms with E-state index in [0.29, 0.717) is 28.1 Å². The van der Waals surface area contributed by atoms with Gasteiger partial charge in [0.05, 0.1) is 29.4 Å². The van der Waals surface area contributed by atoms with Crippen molar-refractivity contribution in [2.75, 3.05) is 19.5 Å². The molecule has 3 nitrogen and oxygen atoms in total. The Morgan fingerprint density at radius 2 is 1.86 bits per heavy atom. The summed E-state index contributed by atoms with van der Waals surface area (Å²) in [5.41, 5.74) is 1.84. The summed E-state index contributed by atoms with van der Waals surface area (Å²) in [5.74, 6) is 1.36. The van der Waals surface area contributed by atoms with Crippen molar-refractivity contribution in [2.45, 2.75) is 6.54 Å². The molecule has 0 amide bonds. The molecule has 0 saturated carbocycles. The van der Waals surface area contributed by atoms with Crippen LogP contribution in [0.25, 0.3) is 0 Å². The Balaban J connectivity index is 2.18. The van der Waals surface area contributed by atoms with Crippen LogP contribution in [0.2, 0.25) is 10.0 Å². The zero-order chi connectivity index (χ0) is 15.4. The van der Waals surface area contributed by atoms with Gasteiger partial charge in [-0.3, -0.25) is 0 Å². The minimum absolute atomic E-state index is 0.580. The smallest absolute Gasteiger partial charge is 0.156 e. The second-order valence-corrected chi connectivity index (χ2v) is 5.99. The molecule has 0 aliphatic rings. The molecule has 0 heterocycles. The van der Waals surface area contributed by atoms with Crippen LogP contribution in [0.3, 0.4) is 0 Å². The molecule has 0 aliphatic carbocycles. The molecule has 0 bridgehead atoms. The SMILES string of the molecule is COc1ccc(CNc2cc(Cl)cc(Br)c2OC)cc1Cl. The molecule has 112 valence electrons. The number of rotatable bonds is 5. The topological polar surface area (TPSA) is 30.5 Å². The summed E-state index contributed by atoms with van der Waals surface area (Å²) in [7, 11) is 3.21. The van der Waals surface area contributed by atoms with Gasteiger partial charge in [0, 0.05) is 11.6 Å². The maximum Gasteiger partial charge on any atom is 0.156 e. The zero-order valence-electron chi connectivity index (χ0n) is 11.5. The number of hydrogen-bond acceptors (Lipinski definition) is 3. The second-order valence-electron chi connectivity index (χ2n) is 4.29. The minimum atomic E-state index is 0.580. The van der Waals surface area contributed by atoms with E-state index in [1.54, 1.807) is 20.3 Å². The molecule has 0 aromatic heterocycles. The first-order valence-corrected chi connectivity index (χ1v) is 7.69. The summed E-state index contributed by atoms with van der Waals surface area (Å²) in [5, 5.41) is 4.49. The predicted octanol–water partition coefficient (Wildman–Crippen LogP) is 5.39. The summed E-state index contributed by atoms with van der Waals surface area (Å²) in [4.78, 5) is 0. The van der Waals surface area contributed by atoms with Crippen molar-refractivity contribution in [3.05, 3.63) is 50.4 Å². The number of anilines is 1. The van der Waals surface area contributed by atoms with Crippen LogP contribution in [0.15, 0.2) is 34.8 Å². The first-order chi connectivity index (χ1) is 10.0. The summed E-state index contributed by atoms with van der Waals surface area (Å²) >= 11 is 15.6. The maximum absolute atomic E-state index is 6.11. The highest BCUT2D eigenvalue weighted by molar-refractivity contribution is 9.10. The van der Waals surface area contributed by atoms with Crippen LogP contribution in [0, 0.1) is 0 Å². The standard InChI is InChI=1S/C15H14BrCl2NO2/c1-20-14-4-3-9(5-12(14)18)8-19-13-7-10(17)6-11(16)15(13)21-2/h3-7,19H,8H2,1-2H3. The number of methoxy groups -OCH3 is 2. The number of benzene rings is 2.